The zero-order chi connectivity index (χ0) is 12.3. The summed E-state index contributed by atoms with van der Waals surface area (Å²) in [4.78, 5) is 0. The number of hydrogen-bond acceptors (Lipinski definition) is 1. The Hall–Kier alpha value is -0.530. The molecule has 0 radical (unpaired) electrons. The van der Waals surface area contributed by atoms with Gasteiger partial charge >= 0.3 is 0 Å². The molecule has 17 heavy (non-hydrogen) atoms. The summed E-state index contributed by atoms with van der Waals surface area (Å²) in [7, 11) is 0. The van der Waals surface area contributed by atoms with Crippen LogP contribution in [-0.4, -0.2) is 6.54 Å². The highest BCUT2D eigenvalue weighted by molar-refractivity contribution is 6.30. The van der Waals surface area contributed by atoms with Crippen LogP contribution >= 0.6 is 11.6 Å². The zero-order valence-electron chi connectivity index (χ0n) is 10.8. The van der Waals surface area contributed by atoms with Crippen molar-refractivity contribution in [1.82, 2.24) is 5.32 Å². The van der Waals surface area contributed by atoms with E-state index in [0.29, 0.717) is 11.5 Å². The summed E-state index contributed by atoms with van der Waals surface area (Å²) in [5, 5.41) is 4.47. The van der Waals surface area contributed by atoms with Crippen molar-refractivity contribution < 1.29 is 0 Å². The van der Waals surface area contributed by atoms with Crippen LogP contribution in [0.15, 0.2) is 24.3 Å². The van der Waals surface area contributed by atoms with Gasteiger partial charge in [0.2, 0.25) is 0 Å². The molecular formula is C15H22ClN. The molecule has 1 aliphatic carbocycles. The van der Waals surface area contributed by atoms with Gasteiger partial charge in [0, 0.05) is 17.6 Å². The fourth-order valence-corrected chi connectivity index (χ4v) is 2.90. The lowest BCUT2D eigenvalue weighted by Gasteiger charge is -2.26. The van der Waals surface area contributed by atoms with Crippen molar-refractivity contribution in [2.75, 3.05) is 6.54 Å². The van der Waals surface area contributed by atoms with Gasteiger partial charge in [-0.25, -0.2) is 0 Å². The Balaban J connectivity index is 1.91. The molecule has 1 N–H and O–H groups in total. The first-order valence-electron chi connectivity index (χ1n) is 6.58. The second kappa shape index (κ2) is 5.41. The van der Waals surface area contributed by atoms with Crippen LogP contribution in [0, 0.1) is 5.41 Å². The van der Waals surface area contributed by atoms with E-state index in [2.05, 4.69) is 31.3 Å². The van der Waals surface area contributed by atoms with E-state index >= 15 is 0 Å². The molecule has 1 atom stereocenters. The molecule has 1 aliphatic rings. The van der Waals surface area contributed by atoms with Gasteiger partial charge in [0.25, 0.3) is 0 Å². The van der Waals surface area contributed by atoms with E-state index in [1.165, 1.54) is 31.2 Å². The van der Waals surface area contributed by atoms with Crippen molar-refractivity contribution in [3.8, 4) is 0 Å². The van der Waals surface area contributed by atoms with Crippen LogP contribution in [0.5, 0.6) is 0 Å². The van der Waals surface area contributed by atoms with Crippen LogP contribution in [0.3, 0.4) is 0 Å². The van der Waals surface area contributed by atoms with Crippen molar-refractivity contribution in [1.29, 1.82) is 0 Å². The van der Waals surface area contributed by atoms with E-state index in [4.69, 9.17) is 11.6 Å². The van der Waals surface area contributed by atoms with Crippen LogP contribution in [-0.2, 0) is 0 Å². The lowest BCUT2D eigenvalue weighted by Crippen LogP contribution is -2.31. The fourth-order valence-electron chi connectivity index (χ4n) is 2.70. The quantitative estimate of drug-likeness (QED) is 0.827. The molecule has 0 bridgehead atoms. The van der Waals surface area contributed by atoms with Crippen molar-refractivity contribution in [2.45, 2.75) is 45.6 Å². The Morgan fingerprint density at radius 2 is 2.06 bits per heavy atom. The number of halogens is 1. The predicted octanol–water partition coefficient (Wildman–Crippen LogP) is 4.57. The normalized spacial score (nSPS) is 20.4. The Morgan fingerprint density at radius 1 is 1.35 bits per heavy atom. The van der Waals surface area contributed by atoms with Crippen LogP contribution in [0.1, 0.15) is 51.1 Å². The van der Waals surface area contributed by atoms with Crippen molar-refractivity contribution in [2.24, 2.45) is 5.41 Å². The molecule has 1 saturated carbocycles. The Bertz CT molecular complexity index is 369. The molecule has 2 rings (SSSR count). The van der Waals surface area contributed by atoms with Gasteiger partial charge in [-0.05, 0) is 42.9 Å². The first kappa shape index (κ1) is 12.9. The number of benzene rings is 1. The molecular weight excluding hydrogens is 230 g/mol. The molecule has 1 aromatic rings. The molecule has 1 fully saturated rings. The average molecular weight is 252 g/mol. The van der Waals surface area contributed by atoms with E-state index in [-0.39, 0.29) is 0 Å². The maximum atomic E-state index is 6.02. The molecule has 0 saturated heterocycles. The Labute approximate surface area is 110 Å². The van der Waals surface area contributed by atoms with Crippen molar-refractivity contribution in [3.05, 3.63) is 34.9 Å². The monoisotopic (exact) mass is 251 g/mol. The third-order valence-corrected chi connectivity index (χ3v) is 4.23. The smallest absolute Gasteiger partial charge is 0.0409 e. The van der Waals surface area contributed by atoms with Crippen molar-refractivity contribution >= 4 is 11.6 Å². The average Bonchev–Trinajstić information content (AvgIpc) is 2.74. The van der Waals surface area contributed by atoms with E-state index in [1.807, 2.05) is 12.1 Å². The minimum atomic E-state index is 0.381. The second-order valence-electron chi connectivity index (χ2n) is 5.68. The van der Waals surface area contributed by atoms with E-state index in [9.17, 15) is 0 Å². The van der Waals surface area contributed by atoms with Gasteiger partial charge in [-0.2, -0.15) is 0 Å². The fraction of sp³-hybridized carbons (Fsp3) is 0.600. The molecule has 0 heterocycles. The lowest BCUT2D eigenvalue weighted by molar-refractivity contribution is 0.302. The Kier molecular flexibility index (Phi) is 4.11. The van der Waals surface area contributed by atoms with Gasteiger partial charge in [0.15, 0.2) is 0 Å². The van der Waals surface area contributed by atoms with Crippen LogP contribution < -0.4 is 5.32 Å². The summed E-state index contributed by atoms with van der Waals surface area (Å²) in [6.45, 7) is 5.72. The van der Waals surface area contributed by atoms with E-state index in [0.717, 1.165) is 11.6 Å². The molecule has 1 unspecified atom stereocenters. The Morgan fingerprint density at radius 3 is 2.71 bits per heavy atom. The maximum absolute atomic E-state index is 6.02. The van der Waals surface area contributed by atoms with Gasteiger partial charge in [-0.3, -0.25) is 0 Å². The predicted molar refractivity (Wildman–Crippen MR) is 74.4 cm³/mol. The molecule has 2 heteroatoms. The molecule has 0 aromatic heterocycles. The highest BCUT2D eigenvalue weighted by Crippen LogP contribution is 2.37. The SMILES string of the molecule is CC(NCC1(C)CCCC1)c1cccc(Cl)c1. The highest BCUT2D eigenvalue weighted by Gasteiger charge is 2.28. The summed E-state index contributed by atoms with van der Waals surface area (Å²) in [6, 6.07) is 8.52. The van der Waals surface area contributed by atoms with Gasteiger partial charge in [0.05, 0.1) is 0 Å². The maximum Gasteiger partial charge on any atom is 0.0409 e. The summed E-state index contributed by atoms with van der Waals surface area (Å²) >= 11 is 6.02. The number of hydrogen-bond donors (Lipinski definition) is 1. The minimum absolute atomic E-state index is 0.381. The molecule has 1 aromatic carbocycles. The summed E-state index contributed by atoms with van der Waals surface area (Å²) in [5.74, 6) is 0. The van der Waals surface area contributed by atoms with Gasteiger partial charge in [-0.1, -0.05) is 43.5 Å². The second-order valence-corrected chi connectivity index (χ2v) is 6.11. The lowest BCUT2D eigenvalue weighted by atomic mass is 9.88. The van der Waals surface area contributed by atoms with Crippen LogP contribution in [0.4, 0.5) is 0 Å². The third kappa shape index (κ3) is 3.46. The van der Waals surface area contributed by atoms with Crippen LogP contribution in [0.2, 0.25) is 5.02 Å². The highest BCUT2D eigenvalue weighted by atomic mass is 35.5. The summed E-state index contributed by atoms with van der Waals surface area (Å²) < 4.78 is 0. The third-order valence-electron chi connectivity index (χ3n) is 3.99. The summed E-state index contributed by atoms with van der Waals surface area (Å²) in [6.07, 6.45) is 5.51. The molecule has 1 nitrogen and oxygen atoms in total. The standard InChI is InChI=1S/C15H22ClN/c1-12(13-6-5-7-14(16)10-13)17-11-15(2)8-3-4-9-15/h5-7,10,12,17H,3-4,8-9,11H2,1-2H3. The molecule has 94 valence electrons. The van der Waals surface area contributed by atoms with Gasteiger partial charge in [-0.15, -0.1) is 0 Å². The van der Waals surface area contributed by atoms with E-state index in [1.54, 1.807) is 0 Å². The van der Waals surface area contributed by atoms with Gasteiger partial charge in [0.1, 0.15) is 0 Å². The molecule has 0 spiro atoms. The topological polar surface area (TPSA) is 12.0 Å². The van der Waals surface area contributed by atoms with E-state index < -0.39 is 0 Å². The number of rotatable bonds is 4. The first-order chi connectivity index (χ1) is 8.09. The van der Waals surface area contributed by atoms with Crippen molar-refractivity contribution in [3.63, 3.8) is 0 Å². The minimum Gasteiger partial charge on any atom is -0.310 e. The number of nitrogens with one attached hydrogen (secondary N) is 1. The first-order valence-corrected chi connectivity index (χ1v) is 6.96. The molecule has 0 aliphatic heterocycles. The molecule has 0 amide bonds. The van der Waals surface area contributed by atoms with Crippen LogP contribution in [0.25, 0.3) is 0 Å². The largest absolute Gasteiger partial charge is 0.310 e. The van der Waals surface area contributed by atoms with Gasteiger partial charge < -0.3 is 5.32 Å². The zero-order valence-corrected chi connectivity index (χ0v) is 11.6. The summed E-state index contributed by atoms with van der Waals surface area (Å²) in [5.41, 5.74) is 1.78.